The van der Waals surface area contributed by atoms with Crippen molar-refractivity contribution in [3.8, 4) is 0 Å². The molecule has 2 aromatic rings. The normalized spacial score (nSPS) is 11.6. The molecule has 0 unspecified atom stereocenters. The van der Waals surface area contributed by atoms with Gasteiger partial charge in [-0.2, -0.15) is 0 Å². The van der Waals surface area contributed by atoms with E-state index in [2.05, 4.69) is 49.3 Å². The van der Waals surface area contributed by atoms with Crippen LogP contribution in [0.25, 0.3) is 10.9 Å². The van der Waals surface area contributed by atoms with Crippen LogP contribution in [0.4, 0.5) is 0 Å². The molecule has 0 atom stereocenters. The predicted octanol–water partition coefficient (Wildman–Crippen LogP) is 3.32. The van der Waals surface area contributed by atoms with E-state index in [9.17, 15) is 0 Å². The molecule has 0 bridgehead atoms. The molecule has 2 N–H and O–H groups in total. The Labute approximate surface area is 97.1 Å². The average molecular weight is 216 g/mol. The quantitative estimate of drug-likeness (QED) is 0.809. The first-order valence-corrected chi connectivity index (χ1v) is 5.89. The van der Waals surface area contributed by atoms with Gasteiger partial charge < -0.3 is 10.3 Å². The van der Waals surface area contributed by atoms with E-state index < -0.39 is 0 Å². The number of aromatic amines is 1. The van der Waals surface area contributed by atoms with Crippen LogP contribution in [-0.4, -0.2) is 12.0 Å². The number of nitrogens with one attached hydrogen (secondary N) is 2. The summed E-state index contributed by atoms with van der Waals surface area (Å²) in [4.78, 5) is 3.55. The van der Waals surface area contributed by atoms with Crippen molar-refractivity contribution >= 4 is 10.9 Å². The van der Waals surface area contributed by atoms with Crippen molar-refractivity contribution in [1.29, 1.82) is 0 Å². The standard InChI is InChI=1S/C14H20N2/c1-9(2)14-12(8-15-4)11-6-5-10(3)7-13(11)16-14/h5-7,9,15-16H,8H2,1-4H3. The third kappa shape index (κ3) is 1.85. The van der Waals surface area contributed by atoms with Crippen LogP contribution in [0.3, 0.4) is 0 Å². The lowest BCUT2D eigenvalue weighted by Gasteiger charge is -2.06. The monoisotopic (exact) mass is 216 g/mol. The topological polar surface area (TPSA) is 27.8 Å². The summed E-state index contributed by atoms with van der Waals surface area (Å²) in [6.07, 6.45) is 0. The van der Waals surface area contributed by atoms with Gasteiger partial charge in [0.25, 0.3) is 0 Å². The number of hydrogen-bond donors (Lipinski definition) is 2. The van der Waals surface area contributed by atoms with E-state index in [1.807, 2.05) is 7.05 Å². The maximum atomic E-state index is 3.55. The molecule has 0 spiro atoms. The Kier molecular flexibility index (Phi) is 3.01. The van der Waals surface area contributed by atoms with Crippen LogP contribution in [0, 0.1) is 6.92 Å². The van der Waals surface area contributed by atoms with Crippen molar-refractivity contribution in [3.05, 3.63) is 35.0 Å². The van der Waals surface area contributed by atoms with Crippen molar-refractivity contribution in [2.75, 3.05) is 7.05 Å². The average Bonchev–Trinajstić information content (AvgIpc) is 2.57. The summed E-state index contributed by atoms with van der Waals surface area (Å²) in [6.45, 7) is 7.52. The van der Waals surface area contributed by atoms with E-state index in [0.717, 1.165) is 6.54 Å². The highest BCUT2D eigenvalue weighted by Gasteiger charge is 2.13. The molecule has 2 nitrogen and oxygen atoms in total. The number of H-pyrrole nitrogens is 1. The van der Waals surface area contributed by atoms with Crippen LogP contribution in [0.1, 0.15) is 36.6 Å². The van der Waals surface area contributed by atoms with Gasteiger partial charge in [-0.1, -0.05) is 26.0 Å². The Morgan fingerprint density at radius 3 is 2.69 bits per heavy atom. The maximum Gasteiger partial charge on any atom is 0.0462 e. The van der Waals surface area contributed by atoms with E-state index in [1.54, 1.807) is 0 Å². The molecule has 86 valence electrons. The highest BCUT2D eigenvalue weighted by molar-refractivity contribution is 5.85. The van der Waals surface area contributed by atoms with Crippen LogP contribution in [0.15, 0.2) is 18.2 Å². The number of aryl methyl sites for hydroxylation is 1. The first-order chi connectivity index (χ1) is 7.63. The SMILES string of the molecule is CNCc1c(C(C)C)[nH]c2cc(C)ccc12. The summed E-state index contributed by atoms with van der Waals surface area (Å²) < 4.78 is 0. The van der Waals surface area contributed by atoms with Gasteiger partial charge in [-0.15, -0.1) is 0 Å². The summed E-state index contributed by atoms with van der Waals surface area (Å²) in [7, 11) is 2.00. The predicted molar refractivity (Wildman–Crippen MR) is 69.9 cm³/mol. The molecule has 0 aliphatic carbocycles. The first kappa shape index (κ1) is 11.2. The molecule has 0 saturated heterocycles. The lowest BCUT2D eigenvalue weighted by molar-refractivity contribution is 0.768. The Bertz CT molecular complexity index is 495. The van der Waals surface area contributed by atoms with Crippen LogP contribution in [0.5, 0.6) is 0 Å². The fourth-order valence-electron chi connectivity index (χ4n) is 2.25. The van der Waals surface area contributed by atoms with E-state index in [0.29, 0.717) is 5.92 Å². The van der Waals surface area contributed by atoms with Crippen LogP contribution in [-0.2, 0) is 6.54 Å². The molecule has 0 radical (unpaired) electrons. The molecule has 16 heavy (non-hydrogen) atoms. The minimum absolute atomic E-state index is 0.538. The highest BCUT2D eigenvalue weighted by Crippen LogP contribution is 2.28. The molecule has 0 aliphatic heterocycles. The molecular formula is C14H20N2. The smallest absolute Gasteiger partial charge is 0.0462 e. The lowest BCUT2D eigenvalue weighted by atomic mass is 10.0. The third-order valence-electron chi connectivity index (χ3n) is 3.03. The highest BCUT2D eigenvalue weighted by atomic mass is 14.8. The Hall–Kier alpha value is -1.28. The van der Waals surface area contributed by atoms with Gasteiger partial charge >= 0.3 is 0 Å². The lowest BCUT2D eigenvalue weighted by Crippen LogP contribution is -2.07. The van der Waals surface area contributed by atoms with Gasteiger partial charge in [0, 0.05) is 23.1 Å². The van der Waals surface area contributed by atoms with Gasteiger partial charge in [0.1, 0.15) is 0 Å². The van der Waals surface area contributed by atoms with E-state index in [4.69, 9.17) is 0 Å². The number of aromatic nitrogens is 1. The van der Waals surface area contributed by atoms with Crippen molar-refractivity contribution in [2.45, 2.75) is 33.2 Å². The zero-order valence-electron chi connectivity index (χ0n) is 10.5. The number of rotatable bonds is 3. The van der Waals surface area contributed by atoms with Crippen molar-refractivity contribution in [2.24, 2.45) is 0 Å². The van der Waals surface area contributed by atoms with E-state index >= 15 is 0 Å². The number of fused-ring (bicyclic) bond motifs is 1. The van der Waals surface area contributed by atoms with Gasteiger partial charge in [0.15, 0.2) is 0 Å². The minimum Gasteiger partial charge on any atom is -0.358 e. The fraction of sp³-hybridized carbons (Fsp3) is 0.429. The van der Waals surface area contributed by atoms with E-state index in [-0.39, 0.29) is 0 Å². The summed E-state index contributed by atoms with van der Waals surface area (Å²) in [6, 6.07) is 6.62. The van der Waals surface area contributed by atoms with Crippen LogP contribution < -0.4 is 5.32 Å². The van der Waals surface area contributed by atoms with Crippen molar-refractivity contribution in [3.63, 3.8) is 0 Å². The summed E-state index contributed by atoms with van der Waals surface area (Å²) in [5.74, 6) is 0.538. The second kappa shape index (κ2) is 4.30. The molecule has 1 heterocycles. The fourth-order valence-corrected chi connectivity index (χ4v) is 2.25. The molecule has 0 aliphatic rings. The van der Waals surface area contributed by atoms with Crippen molar-refractivity contribution in [1.82, 2.24) is 10.3 Å². The molecule has 0 amide bonds. The largest absolute Gasteiger partial charge is 0.358 e. The third-order valence-corrected chi connectivity index (χ3v) is 3.03. The van der Waals surface area contributed by atoms with Gasteiger partial charge in [0.05, 0.1) is 0 Å². The number of hydrogen-bond acceptors (Lipinski definition) is 1. The second-order valence-corrected chi connectivity index (χ2v) is 4.75. The van der Waals surface area contributed by atoms with E-state index in [1.165, 1.54) is 27.7 Å². The summed E-state index contributed by atoms with van der Waals surface area (Å²) in [5, 5.41) is 4.60. The zero-order valence-corrected chi connectivity index (χ0v) is 10.5. The Balaban J connectivity index is 2.65. The summed E-state index contributed by atoms with van der Waals surface area (Å²) in [5.41, 5.74) is 5.33. The minimum atomic E-state index is 0.538. The van der Waals surface area contributed by atoms with Crippen LogP contribution in [0.2, 0.25) is 0 Å². The molecule has 0 fully saturated rings. The summed E-state index contributed by atoms with van der Waals surface area (Å²) >= 11 is 0. The Morgan fingerprint density at radius 2 is 2.06 bits per heavy atom. The molecule has 0 saturated carbocycles. The zero-order chi connectivity index (χ0) is 11.7. The molecule has 2 rings (SSSR count). The molecule has 2 heteroatoms. The first-order valence-electron chi connectivity index (χ1n) is 5.89. The number of benzene rings is 1. The molecule has 1 aromatic carbocycles. The maximum absolute atomic E-state index is 3.55. The Morgan fingerprint density at radius 1 is 1.31 bits per heavy atom. The van der Waals surface area contributed by atoms with Gasteiger partial charge in [-0.25, -0.2) is 0 Å². The molecular weight excluding hydrogens is 196 g/mol. The molecule has 1 aromatic heterocycles. The van der Waals surface area contributed by atoms with Crippen molar-refractivity contribution < 1.29 is 0 Å². The van der Waals surface area contributed by atoms with Gasteiger partial charge in [-0.3, -0.25) is 0 Å². The second-order valence-electron chi connectivity index (χ2n) is 4.75. The van der Waals surface area contributed by atoms with Crippen LogP contribution >= 0.6 is 0 Å². The van der Waals surface area contributed by atoms with Gasteiger partial charge in [-0.05, 0) is 37.1 Å². The van der Waals surface area contributed by atoms with Gasteiger partial charge in [0.2, 0.25) is 0 Å².